The SMILES string of the molecule is ClCCCc1nc(-c2cccc(Br)c2)no1. The first kappa shape index (κ1) is 11.6. The summed E-state index contributed by atoms with van der Waals surface area (Å²) in [5.74, 6) is 1.86. The van der Waals surface area contributed by atoms with Gasteiger partial charge >= 0.3 is 0 Å². The maximum absolute atomic E-state index is 5.60. The van der Waals surface area contributed by atoms with Gasteiger partial charge in [-0.15, -0.1) is 11.6 Å². The molecule has 5 heteroatoms. The monoisotopic (exact) mass is 300 g/mol. The molecule has 0 aliphatic carbocycles. The summed E-state index contributed by atoms with van der Waals surface area (Å²) < 4.78 is 6.12. The molecule has 0 saturated heterocycles. The molecular formula is C11H10BrClN2O. The van der Waals surface area contributed by atoms with Crippen molar-refractivity contribution in [3.63, 3.8) is 0 Å². The van der Waals surface area contributed by atoms with Crippen LogP contribution in [0.25, 0.3) is 11.4 Å². The lowest BCUT2D eigenvalue weighted by Gasteiger charge is -1.94. The highest BCUT2D eigenvalue weighted by Crippen LogP contribution is 2.20. The first-order chi connectivity index (χ1) is 7.79. The molecule has 1 heterocycles. The quantitative estimate of drug-likeness (QED) is 0.809. The number of rotatable bonds is 4. The molecule has 0 aliphatic heterocycles. The van der Waals surface area contributed by atoms with Crippen LogP contribution in [0.1, 0.15) is 12.3 Å². The van der Waals surface area contributed by atoms with Crippen LogP contribution >= 0.6 is 27.5 Å². The predicted octanol–water partition coefficient (Wildman–Crippen LogP) is 3.67. The van der Waals surface area contributed by atoms with E-state index in [4.69, 9.17) is 16.1 Å². The molecule has 0 saturated carbocycles. The summed E-state index contributed by atoms with van der Waals surface area (Å²) >= 11 is 9.00. The lowest BCUT2D eigenvalue weighted by atomic mass is 10.2. The van der Waals surface area contributed by atoms with Crippen molar-refractivity contribution in [3.8, 4) is 11.4 Å². The van der Waals surface area contributed by atoms with Crippen LogP contribution in [0.5, 0.6) is 0 Å². The van der Waals surface area contributed by atoms with Gasteiger partial charge in [0.05, 0.1) is 0 Å². The summed E-state index contributed by atoms with van der Waals surface area (Å²) in [6.07, 6.45) is 1.58. The lowest BCUT2D eigenvalue weighted by Crippen LogP contribution is -1.86. The number of alkyl halides is 1. The molecule has 0 amide bonds. The largest absolute Gasteiger partial charge is 0.339 e. The first-order valence-electron chi connectivity index (χ1n) is 4.94. The van der Waals surface area contributed by atoms with Gasteiger partial charge < -0.3 is 4.52 Å². The maximum Gasteiger partial charge on any atom is 0.227 e. The number of benzene rings is 1. The van der Waals surface area contributed by atoms with E-state index in [0.29, 0.717) is 17.6 Å². The summed E-state index contributed by atoms with van der Waals surface area (Å²) in [4.78, 5) is 4.30. The van der Waals surface area contributed by atoms with Crippen LogP contribution in [0.3, 0.4) is 0 Å². The second kappa shape index (κ2) is 5.46. The van der Waals surface area contributed by atoms with Gasteiger partial charge in [-0.2, -0.15) is 4.98 Å². The molecule has 0 atom stereocenters. The molecule has 0 bridgehead atoms. The van der Waals surface area contributed by atoms with Crippen molar-refractivity contribution in [2.24, 2.45) is 0 Å². The van der Waals surface area contributed by atoms with Crippen molar-refractivity contribution < 1.29 is 4.52 Å². The van der Waals surface area contributed by atoms with Gasteiger partial charge in [-0.3, -0.25) is 0 Å². The molecule has 0 spiro atoms. The number of aryl methyl sites for hydroxylation is 1. The Labute approximate surface area is 107 Å². The molecule has 2 aromatic rings. The fourth-order valence-corrected chi connectivity index (χ4v) is 1.85. The summed E-state index contributed by atoms with van der Waals surface area (Å²) in [5, 5.41) is 3.93. The van der Waals surface area contributed by atoms with E-state index < -0.39 is 0 Å². The highest BCUT2D eigenvalue weighted by molar-refractivity contribution is 9.10. The maximum atomic E-state index is 5.60. The predicted molar refractivity (Wildman–Crippen MR) is 66.5 cm³/mol. The minimum Gasteiger partial charge on any atom is -0.339 e. The van der Waals surface area contributed by atoms with Crippen LogP contribution in [-0.2, 0) is 6.42 Å². The number of nitrogens with zero attached hydrogens (tertiary/aromatic N) is 2. The molecule has 0 fully saturated rings. The van der Waals surface area contributed by atoms with Gasteiger partial charge in [0.25, 0.3) is 0 Å². The number of halogens is 2. The Morgan fingerprint density at radius 1 is 1.38 bits per heavy atom. The van der Waals surface area contributed by atoms with Crippen LogP contribution in [0.15, 0.2) is 33.3 Å². The fourth-order valence-electron chi connectivity index (χ4n) is 1.32. The van der Waals surface area contributed by atoms with Crippen molar-refractivity contribution in [2.45, 2.75) is 12.8 Å². The van der Waals surface area contributed by atoms with Gasteiger partial charge in [0, 0.05) is 22.3 Å². The Kier molecular flexibility index (Phi) is 3.96. The average molecular weight is 302 g/mol. The van der Waals surface area contributed by atoms with Crippen LogP contribution in [0.4, 0.5) is 0 Å². The first-order valence-corrected chi connectivity index (χ1v) is 6.27. The van der Waals surface area contributed by atoms with Crippen LogP contribution in [-0.4, -0.2) is 16.0 Å². The van der Waals surface area contributed by atoms with Crippen molar-refractivity contribution in [3.05, 3.63) is 34.6 Å². The zero-order valence-corrected chi connectivity index (χ0v) is 10.8. The molecule has 2 rings (SSSR count). The molecule has 84 valence electrons. The van der Waals surface area contributed by atoms with Crippen molar-refractivity contribution in [2.75, 3.05) is 5.88 Å². The van der Waals surface area contributed by atoms with E-state index in [9.17, 15) is 0 Å². The van der Waals surface area contributed by atoms with Gasteiger partial charge in [-0.25, -0.2) is 0 Å². The Bertz CT molecular complexity index is 473. The van der Waals surface area contributed by atoms with Crippen LogP contribution in [0.2, 0.25) is 0 Å². The third-order valence-electron chi connectivity index (χ3n) is 2.08. The molecule has 1 aromatic carbocycles. The Morgan fingerprint density at radius 2 is 2.25 bits per heavy atom. The van der Waals surface area contributed by atoms with Crippen molar-refractivity contribution in [1.82, 2.24) is 10.1 Å². The van der Waals surface area contributed by atoms with E-state index in [2.05, 4.69) is 26.1 Å². The summed E-state index contributed by atoms with van der Waals surface area (Å²) in [6.45, 7) is 0. The Hall–Kier alpha value is -0.870. The van der Waals surface area contributed by atoms with E-state index in [-0.39, 0.29) is 0 Å². The van der Waals surface area contributed by atoms with Gasteiger partial charge in [-0.1, -0.05) is 33.2 Å². The van der Waals surface area contributed by atoms with Gasteiger partial charge in [0.1, 0.15) is 0 Å². The molecule has 0 radical (unpaired) electrons. The highest BCUT2D eigenvalue weighted by atomic mass is 79.9. The Balaban J connectivity index is 2.18. The molecule has 0 unspecified atom stereocenters. The highest BCUT2D eigenvalue weighted by Gasteiger charge is 2.08. The van der Waals surface area contributed by atoms with E-state index in [1.54, 1.807) is 0 Å². The molecule has 1 aromatic heterocycles. The molecule has 0 aliphatic rings. The van der Waals surface area contributed by atoms with E-state index in [1.807, 2.05) is 24.3 Å². The fraction of sp³-hybridized carbons (Fsp3) is 0.273. The molecule has 3 nitrogen and oxygen atoms in total. The summed E-state index contributed by atoms with van der Waals surface area (Å²) in [5.41, 5.74) is 0.940. The summed E-state index contributed by atoms with van der Waals surface area (Å²) in [6, 6.07) is 7.79. The third kappa shape index (κ3) is 2.83. The van der Waals surface area contributed by atoms with Crippen molar-refractivity contribution in [1.29, 1.82) is 0 Å². The smallest absolute Gasteiger partial charge is 0.227 e. The number of hydrogen-bond donors (Lipinski definition) is 0. The van der Waals surface area contributed by atoms with E-state index in [1.165, 1.54) is 0 Å². The lowest BCUT2D eigenvalue weighted by molar-refractivity contribution is 0.378. The molecular weight excluding hydrogens is 291 g/mol. The minimum atomic E-state index is 0.606. The zero-order valence-electron chi connectivity index (χ0n) is 8.49. The topological polar surface area (TPSA) is 38.9 Å². The van der Waals surface area contributed by atoms with Gasteiger partial charge in [0.2, 0.25) is 11.7 Å². The zero-order chi connectivity index (χ0) is 11.4. The van der Waals surface area contributed by atoms with Gasteiger partial charge in [-0.05, 0) is 18.6 Å². The number of aromatic nitrogens is 2. The number of hydrogen-bond acceptors (Lipinski definition) is 3. The molecule has 16 heavy (non-hydrogen) atoms. The van der Waals surface area contributed by atoms with E-state index >= 15 is 0 Å². The Morgan fingerprint density at radius 3 is 3.00 bits per heavy atom. The van der Waals surface area contributed by atoms with E-state index in [0.717, 1.165) is 22.9 Å². The normalized spacial score (nSPS) is 10.6. The second-order valence-electron chi connectivity index (χ2n) is 3.31. The minimum absolute atomic E-state index is 0.606. The van der Waals surface area contributed by atoms with Crippen LogP contribution < -0.4 is 0 Å². The summed E-state index contributed by atoms with van der Waals surface area (Å²) in [7, 11) is 0. The van der Waals surface area contributed by atoms with Crippen molar-refractivity contribution >= 4 is 27.5 Å². The third-order valence-corrected chi connectivity index (χ3v) is 2.84. The van der Waals surface area contributed by atoms with Crippen LogP contribution in [0, 0.1) is 0 Å². The van der Waals surface area contributed by atoms with Gasteiger partial charge in [0.15, 0.2) is 0 Å². The standard InChI is InChI=1S/C11H10BrClN2O/c12-9-4-1-3-8(7-9)11-14-10(16-15-11)5-2-6-13/h1,3-4,7H,2,5-6H2. The average Bonchev–Trinajstić information content (AvgIpc) is 2.75. The molecule has 0 N–H and O–H groups in total. The second-order valence-corrected chi connectivity index (χ2v) is 4.61.